The fourth-order valence-corrected chi connectivity index (χ4v) is 1.12. The minimum atomic E-state index is -0.468. The molecule has 0 aliphatic rings. The van der Waals surface area contributed by atoms with E-state index in [1.54, 1.807) is 11.0 Å². The first-order valence-corrected chi connectivity index (χ1v) is 5.15. The fraction of sp³-hybridized carbons (Fsp3) is 0.583. The van der Waals surface area contributed by atoms with E-state index < -0.39 is 5.60 Å². The normalized spacial score (nSPS) is 12.2. The van der Waals surface area contributed by atoms with Crippen molar-refractivity contribution in [1.29, 1.82) is 0 Å². The Hall–Kier alpha value is -1.25. The summed E-state index contributed by atoms with van der Waals surface area (Å²) in [6.45, 7) is 13.5. The molecule has 0 aromatic rings. The predicted octanol–water partition coefficient (Wildman–Crippen LogP) is 3.33. The van der Waals surface area contributed by atoms with Crippen molar-refractivity contribution >= 4 is 6.09 Å². The van der Waals surface area contributed by atoms with Crippen molar-refractivity contribution < 1.29 is 9.53 Å². The number of carbonyl (C=O) groups is 1. The van der Waals surface area contributed by atoms with Crippen LogP contribution in [0, 0.1) is 0 Å². The Balaban J connectivity index is 4.69. The van der Waals surface area contributed by atoms with Crippen molar-refractivity contribution in [1.82, 2.24) is 4.90 Å². The maximum absolute atomic E-state index is 11.8. The zero-order valence-electron chi connectivity index (χ0n) is 10.3. The number of amides is 1. The number of ether oxygens (including phenoxy) is 1. The molecule has 0 aliphatic carbocycles. The number of carbonyl (C=O) groups excluding carboxylic acids is 1. The van der Waals surface area contributed by atoms with Crippen LogP contribution < -0.4 is 0 Å². The summed E-state index contributed by atoms with van der Waals surface area (Å²) >= 11 is 0. The van der Waals surface area contributed by atoms with Crippen LogP contribution in [0.1, 0.15) is 34.6 Å². The van der Waals surface area contributed by atoms with Gasteiger partial charge in [-0.1, -0.05) is 12.7 Å². The van der Waals surface area contributed by atoms with Crippen LogP contribution in [0.2, 0.25) is 0 Å². The second kappa shape index (κ2) is 5.59. The monoisotopic (exact) mass is 211 g/mol. The summed E-state index contributed by atoms with van der Waals surface area (Å²) in [6, 6.07) is 0. The number of hydrogen-bond acceptors (Lipinski definition) is 2. The summed E-state index contributed by atoms with van der Waals surface area (Å²) in [7, 11) is 0. The van der Waals surface area contributed by atoms with Crippen LogP contribution in [0.3, 0.4) is 0 Å². The van der Waals surface area contributed by atoms with E-state index in [1.165, 1.54) is 0 Å². The molecule has 0 aliphatic heterocycles. The smallest absolute Gasteiger partial charge is 0.414 e. The average molecular weight is 211 g/mol. The number of rotatable bonds is 3. The van der Waals surface area contributed by atoms with E-state index in [1.807, 2.05) is 40.7 Å². The minimum Gasteiger partial charge on any atom is -0.443 e. The summed E-state index contributed by atoms with van der Waals surface area (Å²) in [5.41, 5.74) is 0.302. The molecular formula is C12H21NO2. The molecule has 0 spiro atoms. The van der Waals surface area contributed by atoms with Crippen LogP contribution >= 0.6 is 0 Å². The fourth-order valence-electron chi connectivity index (χ4n) is 1.12. The molecule has 1 amide bonds. The zero-order chi connectivity index (χ0) is 12.1. The average Bonchev–Trinajstić information content (AvgIpc) is 2.10. The molecule has 0 fully saturated rings. The van der Waals surface area contributed by atoms with E-state index in [0.717, 1.165) is 5.70 Å². The molecule has 86 valence electrons. The van der Waals surface area contributed by atoms with Crippen LogP contribution in [0.5, 0.6) is 0 Å². The third-order valence-corrected chi connectivity index (χ3v) is 1.75. The Kier molecular flexibility index (Phi) is 5.12. The summed E-state index contributed by atoms with van der Waals surface area (Å²) < 4.78 is 5.27. The van der Waals surface area contributed by atoms with Crippen molar-refractivity contribution in [2.24, 2.45) is 0 Å². The molecule has 15 heavy (non-hydrogen) atoms. The van der Waals surface area contributed by atoms with Gasteiger partial charge in [-0.3, -0.25) is 4.90 Å². The van der Waals surface area contributed by atoms with E-state index in [-0.39, 0.29) is 6.09 Å². The van der Waals surface area contributed by atoms with Crippen LogP contribution in [-0.2, 0) is 4.74 Å². The lowest BCUT2D eigenvalue weighted by molar-refractivity contribution is 0.0328. The van der Waals surface area contributed by atoms with Crippen LogP contribution in [0.4, 0.5) is 4.79 Å². The van der Waals surface area contributed by atoms with Gasteiger partial charge in [-0.05, 0) is 40.7 Å². The molecule has 0 atom stereocenters. The number of allylic oxidation sites excluding steroid dienone is 2. The second-order valence-electron chi connectivity index (χ2n) is 4.14. The third-order valence-electron chi connectivity index (χ3n) is 1.75. The lowest BCUT2D eigenvalue weighted by Crippen LogP contribution is -2.35. The molecule has 3 nitrogen and oxygen atoms in total. The standard InChI is InChI=1S/C12H21NO2/c1-7-10(8-2)13(9-3)11(14)15-12(4,5)6/h7-8H,1,9H2,2-6H3/b10-8-. The minimum absolute atomic E-state index is 0.335. The first-order valence-electron chi connectivity index (χ1n) is 5.15. The first kappa shape index (κ1) is 13.8. The third kappa shape index (κ3) is 4.68. The van der Waals surface area contributed by atoms with Gasteiger partial charge in [0, 0.05) is 12.2 Å². The van der Waals surface area contributed by atoms with E-state index >= 15 is 0 Å². The van der Waals surface area contributed by atoms with Gasteiger partial charge < -0.3 is 4.74 Å². The van der Waals surface area contributed by atoms with Gasteiger partial charge in [0.05, 0.1) is 0 Å². The van der Waals surface area contributed by atoms with Crippen molar-refractivity contribution in [2.45, 2.75) is 40.2 Å². The van der Waals surface area contributed by atoms with Gasteiger partial charge in [-0.2, -0.15) is 0 Å². The molecular weight excluding hydrogens is 190 g/mol. The predicted molar refractivity (Wildman–Crippen MR) is 62.6 cm³/mol. The first-order chi connectivity index (χ1) is 6.85. The van der Waals surface area contributed by atoms with Crippen LogP contribution in [-0.4, -0.2) is 23.1 Å². The van der Waals surface area contributed by atoms with Gasteiger partial charge in [-0.25, -0.2) is 4.79 Å². The van der Waals surface area contributed by atoms with Crippen LogP contribution in [0.15, 0.2) is 24.4 Å². The zero-order valence-corrected chi connectivity index (χ0v) is 10.3. The van der Waals surface area contributed by atoms with Gasteiger partial charge in [0.1, 0.15) is 5.60 Å². The van der Waals surface area contributed by atoms with Gasteiger partial charge >= 0.3 is 6.09 Å². The Morgan fingerprint density at radius 3 is 2.27 bits per heavy atom. The molecule has 0 rings (SSSR count). The topological polar surface area (TPSA) is 29.5 Å². The quantitative estimate of drug-likeness (QED) is 0.670. The molecule has 0 heterocycles. The maximum Gasteiger partial charge on any atom is 0.414 e. The maximum atomic E-state index is 11.8. The number of hydrogen-bond donors (Lipinski definition) is 0. The Morgan fingerprint density at radius 2 is 2.00 bits per heavy atom. The molecule has 0 unspecified atom stereocenters. The van der Waals surface area contributed by atoms with Gasteiger partial charge in [-0.15, -0.1) is 0 Å². The lowest BCUT2D eigenvalue weighted by Gasteiger charge is -2.27. The summed E-state index contributed by atoms with van der Waals surface area (Å²) in [5.74, 6) is 0. The Labute approximate surface area is 92.4 Å². The van der Waals surface area contributed by atoms with E-state index in [0.29, 0.717) is 6.54 Å². The largest absolute Gasteiger partial charge is 0.443 e. The molecule has 0 N–H and O–H groups in total. The van der Waals surface area contributed by atoms with Gasteiger partial charge in [0.15, 0.2) is 0 Å². The molecule has 3 heteroatoms. The van der Waals surface area contributed by atoms with Crippen LogP contribution in [0.25, 0.3) is 0 Å². The second-order valence-corrected chi connectivity index (χ2v) is 4.14. The number of nitrogens with zero attached hydrogens (tertiary/aromatic N) is 1. The SMILES string of the molecule is C=C/C(=C/C)N(CC)C(=O)OC(C)(C)C. The van der Waals surface area contributed by atoms with Crippen molar-refractivity contribution in [3.8, 4) is 0 Å². The van der Waals surface area contributed by atoms with Gasteiger partial charge in [0.25, 0.3) is 0 Å². The molecule has 0 aromatic heterocycles. The Bertz CT molecular complexity index is 261. The van der Waals surface area contributed by atoms with Crippen molar-refractivity contribution in [3.63, 3.8) is 0 Å². The molecule has 0 bridgehead atoms. The molecule has 0 aromatic carbocycles. The number of likely N-dealkylation sites (N-methyl/N-ethyl adjacent to an activating group) is 1. The van der Waals surface area contributed by atoms with Crippen molar-refractivity contribution in [3.05, 3.63) is 24.4 Å². The molecule has 0 saturated carbocycles. The highest BCUT2D eigenvalue weighted by molar-refractivity contribution is 5.71. The Morgan fingerprint density at radius 1 is 1.47 bits per heavy atom. The highest BCUT2D eigenvalue weighted by Crippen LogP contribution is 2.13. The van der Waals surface area contributed by atoms with E-state index in [9.17, 15) is 4.79 Å². The van der Waals surface area contributed by atoms with E-state index in [2.05, 4.69) is 6.58 Å². The van der Waals surface area contributed by atoms with E-state index in [4.69, 9.17) is 4.74 Å². The summed E-state index contributed by atoms with van der Waals surface area (Å²) in [5, 5.41) is 0. The highest BCUT2D eigenvalue weighted by Gasteiger charge is 2.22. The molecule has 0 saturated heterocycles. The summed E-state index contributed by atoms with van der Waals surface area (Å²) in [6.07, 6.45) is 3.14. The highest BCUT2D eigenvalue weighted by atomic mass is 16.6. The van der Waals surface area contributed by atoms with Gasteiger partial charge in [0.2, 0.25) is 0 Å². The summed E-state index contributed by atoms with van der Waals surface area (Å²) in [4.78, 5) is 13.3. The molecule has 0 radical (unpaired) electrons. The lowest BCUT2D eigenvalue weighted by atomic mass is 10.2. The van der Waals surface area contributed by atoms with Crippen molar-refractivity contribution in [2.75, 3.05) is 6.54 Å².